The second-order valence-electron chi connectivity index (χ2n) is 4.28. The number of ether oxygens (including phenoxy) is 1. The minimum Gasteiger partial charge on any atom is -0.465 e. The van der Waals surface area contributed by atoms with Gasteiger partial charge in [-0.05, 0) is 32.4 Å². The summed E-state index contributed by atoms with van der Waals surface area (Å²) in [5.41, 5.74) is 0.466. The number of aromatic nitrogens is 1. The van der Waals surface area contributed by atoms with Gasteiger partial charge in [-0.1, -0.05) is 6.92 Å². The Morgan fingerprint density at radius 2 is 2.25 bits per heavy atom. The van der Waals surface area contributed by atoms with Crippen LogP contribution in [0, 0.1) is 0 Å². The molecular formula is C12H18N2O2. The molecule has 1 aromatic heterocycles. The first-order valence-corrected chi connectivity index (χ1v) is 5.31. The molecule has 0 atom stereocenters. The number of carbonyl (C=O) groups is 1. The predicted molar refractivity (Wildman–Crippen MR) is 63.6 cm³/mol. The Morgan fingerprint density at radius 1 is 1.56 bits per heavy atom. The fourth-order valence-corrected chi connectivity index (χ4v) is 1.18. The van der Waals surface area contributed by atoms with E-state index in [9.17, 15) is 4.79 Å². The van der Waals surface area contributed by atoms with Gasteiger partial charge in [-0.25, -0.2) is 9.78 Å². The zero-order valence-corrected chi connectivity index (χ0v) is 10.2. The zero-order valence-electron chi connectivity index (χ0n) is 10.2. The molecule has 0 saturated carbocycles. The molecule has 16 heavy (non-hydrogen) atoms. The van der Waals surface area contributed by atoms with Gasteiger partial charge in [-0.3, -0.25) is 0 Å². The number of rotatable bonds is 4. The normalized spacial score (nSPS) is 11.0. The van der Waals surface area contributed by atoms with Crippen molar-refractivity contribution in [1.29, 1.82) is 0 Å². The Labute approximate surface area is 96.0 Å². The first kappa shape index (κ1) is 12.5. The zero-order chi connectivity index (χ0) is 12.2. The molecule has 0 aliphatic rings. The van der Waals surface area contributed by atoms with Crippen LogP contribution in [0.2, 0.25) is 0 Å². The summed E-state index contributed by atoms with van der Waals surface area (Å²) in [7, 11) is 1.37. The van der Waals surface area contributed by atoms with Gasteiger partial charge in [0, 0.05) is 11.7 Å². The smallest absolute Gasteiger partial charge is 0.338 e. The van der Waals surface area contributed by atoms with Gasteiger partial charge in [-0.2, -0.15) is 0 Å². The van der Waals surface area contributed by atoms with Crippen molar-refractivity contribution >= 4 is 11.8 Å². The van der Waals surface area contributed by atoms with Crippen LogP contribution in [-0.4, -0.2) is 23.6 Å². The number of hydrogen-bond acceptors (Lipinski definition) is 4. The lowest BCUT2D eigenvalue weighted by atomic mass is 10.0. The summed E-state index contributed by atoms with van der Waals surface area (Å²) in [6.45, 7) is 6.26. The third-order valence-electron chi connectivity index (χ3n) is 2.53. The topological polar surface area (TPSA) is 51.2 Å². The molecule has 0 aliphatic carbocycles. The molecular weight excluding hydrogens is 204 g/mol. The van der Waals surface area contributed by atoms with Gasteiger partial charge in [0.25, 0.3) is 0 Å². The molecule has 88 valence electrons. The van der Waals surface area contributed by atoms with E-state index in [-0.39, 0.29) is 11.5 Å². The number of carbonyl (C=O) groups excluding carboxylic acids is 1. The molecule has 0 bridgehead atoms. The van der Waals surface area contributed by atoms with Crippen molar-refractivity contribution in [3.05, 3.63) is 23.9 Å². The van der Waals surface area contributed by atoms with E-state index in [1.54, 1.807) is 18.3 Å². The molecule has 1 aromatic rings. The summed E-state index contributed by atoms with van der Waals surface area (Å²) in [6, 6.07) is 3.33. The first-order chi connectivity index (χ1) is 7.48. The minimum atomic E-state index is -0.347. The standard InChI is InChI=1S/C12H18N2O2/c1-5-12(2,3)14-10-8-9(6-7-13-10)11(15)16-4/h6-8H,5H2,1-4H3,(H,13,14). The van der Waals surface area contributed by atoms with Crippen LogP contribution < -0.4 is 5.32 Å². The fraction of sp³-hybridized carbons (Fsp3) is 0.500. The van der Waals surface area contributed by atoms with Crippen LogP contribution in [0.1, 0.15) is 37.6 Å². The Kier molecular flexibility index (Phi) is 3.88. The number of pyridine rings is 1. The second-order valence-corrected chi connectivity index (χ2v) is 4.28. The summed E-state index contributed by atoms with van der Waals surface area (Å²) < 4.78 is 4.65. The Bertz CT molecular complexity index is 375. The van der Waals surface area contributed by atoms with Crippen molar-refractivity contribution in [2.75, 3.05) is 12.4 Å². The average Bonchev–Trinajstić information content (AvgIpc) is 2.28. The third kappa shape index (κ3) is 3.22. The highest BCUT2D eigenvalue weighted by Gasteiger charge is 2.15. The largest absolute Gasteiger partial charge is 0.465 e. The van der Waals surface area contributed by atoms with Crippen LogP contribution in [0.4, 0.5) is 5.82 Å². The Morgan fingerprint density at radius 3 is 2.81 bits per heavy atom. The van der Waals surface area contributed by atoms with Gasteiger partial charge in [-0.15, -0.1) is 0 Å². The van der Waals surface area contributed by atoms with Crippen molar-refractivity contribution in [1.82, 2.24) is 4.98 Å². The number of methoxy groups -OCH3 is 1. The van der Waals surface area contributed by atoms with Crippen molar-refractivity contribution in [3.63, 3.8) is 0 Å². The SMILES string of the molecule is CCC(C)(C)Nc1cc(C(=O)OC)ccn1. The molecule has 0 amide bonds. The molecule has 0 radical (unpaired) electrons. The van der Waals surface area contributed by atoms with Crippen molar-refractivity contribution in [3.8, 4) is 0 Å². The molecule has 1 heterocycles. The molecule has 0 aliphatic heterocycles. The lowest BCUT2D eigenvalue weighted by Gasteiger charge is -2.25. The minimum absolute atomic E-state index is 0.0399. The fourth-order valence-electron chi connectivity index (χ4n) is 1.18. The predicted octanol–water partition coefficient (Wildman–Crippen LogP) is 2.47. The Hall–Kier alpha value is -1.58. The van der Waals surface area contributed by atoms with E-state index in [1.807, 2.05) is 0 Å². The molecule has 0 spiro atoms. The lowest BCUT2D eigenvalue weighted by Crippen LogP contribution is -2.30. The summed E-state index contributed by atoms with van der Waals surface area (Å²) >= 11 is 0. The maximum absolute atomic E-state index is 11.3. The highest BCUT2D eigenvalue weighted by atomic mass is 16.5. The Balaban J connectivity index is 2.87. The second kappa shape index (κ2) is 4.96. The summed E-state index contributed by atoms with van der Waals surface area (Å²) in [5, 5.41) is 3.27. The number of nitrogens with zero attached hydrogens (tertiary/aromatic N) is 1. The molecule has 4 heteroatoms. The van der Waals surface area contributed by atoms with Crippen LogP contribution in [0.5, 0.6) is 0 Å². The van der Waals surface area contributed by atoms with Gasteiger partial charge >= 0.3 is 5.97 Å². The highest BCUT2D eigenvalue weighted by molar-refractivity contribution is 5.90. The highest BCUT2D eigenvalue weighted by Crippen LogP contribution is 2.16. The molecule has 0 saturated heterocycles. The molecule has 0 fully saturated rings. The summed E-state index contributed by atoms with van der Waals surface area (Å²) in [5.74, 6) is 0.342. The quantitative estimate of drug-likeness (QED) is 0.795. The van der Waals surface area contributed by atoms with Gasteiger partial charge in [0.15, 0.2) is 0 Å². The molecule has 0 unspecified atom stereocenters. The molecule has 0 aromatic carbocycles. The van der Waals surface area contributed by atoms with Crippen LogP contribution in [0.3, 0.4) is 0 Å². The van der Waals surface area contributed by atoms with Crippen LogP contribution in [0.15, 0.2) is 18.3 Å². The van der Waals surface area contributed by atoms with Crippen LogP contribution in [-0.2, 0) is 4.74 Å². The van der Waals surface area contributed by atoms with Gasteiger partial charge in [0.2, 0.25) is 0 Å². The number of anilines is 1. The van der Waals surface area contributed by atoms with E-state index < -0.39 is 0 Å². The van der Waals surface area contributed by atoms with E-state index >= 15 is 0 Å². The average molecular weight is 222 g/mol. The van der Waals surface area contributed by atoms with E-state index in [2.05, 4.69) is 35.8 Å². The van der Waals surface area contributed by atoms with E-state index in [0.29, 0.717) is 11.4 Å². The number of nitrogens with one attached hydrogen (secondary N) is 1. The van der Waals surface area contributed by atoms with E-state index in [1.165, 1.54) is 7.11 Å². The maximum atomic E-state index is 11.3. The molecule has 4 nitrogen and oxygen atoms in total. The van der Waals surface area contributed by atoms with Crippen LogP contribution in [0.25, 0.3) is 0 Å². The van der Waals surface area contributed by atoms with E-state index in [0.717, 1.165) is 6.42 Å². The maximum Gasteiger partial charge on any atom is 0.338 e. The van der Waals surface area contributed by atoms with E-state index in [4.69, 9.17) is 0 Å². The van der Waals surface area contributed by atoms with Crippen molar-refractivity contribution < 1.29 is 9.53 Å². The first-order valence-electron chi connectivity index (χ1n) is 5.31. The van der Waals surface area contributed by atoms with Gasteiger partial charge in [0.1, 0.15) is 5.82 Å². The molecule has 1 rings (SSSR count). The number of esters is 1. The third-order valence-corrected chi connectivity index (χ3v) is 2.53. The number of hydrogen-bond donors (Lipinski definition) is 1. The monoisotopic (exact) mass is 222 g/mol. The summed E-state index contributed by atoms with van der Waals surface area (Å²) in [4.78, 5) is 15.5. The lowest BCUT2D eigenvalue weighted by molar-refractivity contribution is 0.0600. The van der Waals surface area contributed by atoms with Gasteiger partial charge < -0.3 is 10.1 Å². The van der Waals surface area contributed by atoms with Crippen molar-refractivity contribution in [2.24, 2.45) is 0 Å². The van der Waals surface area contributed by atoms with Gasteiger partial charge in [0.05, 0.1) is 12.7 Å². The molecule has 1 N–H and O–H groups in total. The summed E-state index contributed by atoms with van der Waals surface area (Å²) in [6.07, 6.45) is 2.57. The van der Waals surface area contributed by atoms with Crippen molar-refractivity contribution in [2.45, 2.75) is 32.7 Å². The van der Waals surface area contributed by atoms with Crippen LogP contribution >= 0.6 is 0 Å².